The Bertz CT molecular complexity index is 1040. The van der Waals surface area contributed by atoms with Gasteiger partial charge < -0.3 is 5.32 Å². The Hall–Kier alpha value is -2.29. The number of benzene rings is 2. The lowest BCUT2D eigenvalue weighted by Gasteiger charge is -2.09. The third kappa shape index (κ3) is 5.85. The van der Waals surface area contributed by atoms with Gasteiger partial charge >= 0.3 is 0 Å². The number of rotatable bonds is 8. The van der Waals surface area contributed by atoms with Gasteiger partial charge in [0.05, 0.1) is 10.9 Å². The van der Waals surface area contributed by atoms with Crippen molar-refractivity contribution in [3.8, 4) is 5.69 Å². The molecule has 0 aliphatic carbocycles. The zero-order chi connectivity index (χ0) is 20.8. The standard InChI is InChI=1S/C21H21N3O2S3/c1-14(19(26)17-10-8-16(9-11-17)12-13-22-15(2)25)28-20-23-24(21(27)29-20)18-6-4-3-5-7-18/h3-11,14H,12-13H2,1-2H3,(H,22,25). The molecule has 0 radical (unpaired) electrons. The van der Waals surface area contributed by atoms with E-state index in [-0.39, 0.29) is 16.9 Å². The lowest BCUT2D eigenvalue weighted by atomic mass is 10.0. The highest BCUT2D eigenvalue weighted by Crippen LogP contribution is 2.29. The molecule has 0 aliphatic rings. The van der Waals surface area contributed by atoms with E-state index in [9.17, 15) is 9.59 Å². The number of carbonyl (C=O) groups is 2. The summed E-state index contributed by atoms with van der Waals surface area (Å²) in [5.41, 5.74) is 2.66. The predicted octanol–water partition coefficient (Wildman–Crippen LogP) is 4.71. The van der Waals surface area contributed by atoms with Crippen molar-refractivity contribution in [1.82, 2.24) is 15.1 Å². The largest absolute Gasteiger partial charge is 0.356 e. The molecular formula is C21H21N3O2S3. The van der Waals surface area contributed by atoms with E-state index in [0.29, 0.717) is 16.1 Å². The molecule has 2 aromatic carbocycles. The number of thioether (sulfide) groups is 1. The van der Waals surface area contributed by atoms with Gasteiger partial charge in [0.15, 0.2) is 14.1 Å². The maximum Gasteiger partial charge on any atom is 0.216 e. The van der Waals surface area contributed by atoms with Gasteiger partial charge in [0.25, 0.3) is 0 Å². The molecule has 0 saturated carbocycles. The highest BCUT2D eigenvalue weighted by molar-refractivity contribution is 8.02. The van der Waals surface area contributed by atoms with E-state index in [1.165, 1.54) is 30.0 Å². The van der Waals surface area contributed by atoms with E-state index in [1.54, 1.807) is 4.68 Å². The van der Waals surface area contributed by atoms with Crippen molar-refractivity contribution in [2.75, 3.05) is 6.54 Å². The first-order valence-corrected chi connectivity index (χ1v) is 11.2. The predicted molar refractivity (Wildman–Crippen MR) is 121 cm³/mol. The minimum absolute atomic E-state index is 0.0411. The number of amides is 1. The van der Waals surface area contributed by atoms with E-state index in [1.807, 2.05) is 61.5 Å². The summed E-state index contributed by atoms with van der Waals surface area (Å²) in [6.45, 7) is 3.97. The lowest BCUT2D eigenvalue weighted by Crippen LogP contribution is -2.22. The Labute approximate surface area is 183 Å². The number of Topliss-reactive ketones (excluding diaryl/α,β-unsaturated/α-hetero) is 1. The molecule has 1 heterocycles. The molecule has 1 amide bonds. The van der Waals surface area contributed by atoms with Crippen LogP contribution in [0.5, 0.6) is 0 Å². The number of nitrogens with one attached hydrogen (secondary N) is 1. The zero-order valence-electron chi connectivity index (χ0n) is 16.1. The van der Waals surface area contributed by atoms with Crippen molar-refractivity contribution >= 4 is 47.0 Å². The molecule has 1 aromatic heterocycles. The molecule has 3 aromatic rings. The van der Waals surface area contributed by atoms with Crippen LogP contribution in [0.1, 0.15) is 29.8 Å². The summed E-state index contributed by atoms with van der Waals surface area (Å²) < 4.78 is 3.15. The summed E-state index contributed by atoms with van der Waals surface area (Å²) in [6, 6.07) is 17.3. The van der Waals surface area contributed by atoms with Crippen LogP contribution >= 0.6 is 35.3 Å². The van der Waals surface area contributed by atoms with Crippen molar-refractivity contribution < 1.29 is 9.59 Å². The van der Waals surface area contributed by atoms with Crippen molar-refractivity contribution in [2.24, 2.45) is 0 Å². The summed E-state index contributed by atoms with van der Waals surface area (Å²) in [4.78, 5) is 23.7. The second-order valence-electron chi connectivity index (χ2n) is 6.44. The van der Waals surface area contributed by atoms with Gasteiger partial charge in [-0.1, -0.05) is 65.6 Å². The Morgan fingerprint density at radius 2 is 1.86 bits per heavy atom. The van der Waals surface area contributed by atoms with E-state index in [0.717, 1.165) is 22.0 Å². The fraction of sp³-hybridized carbons (Fsp3) is 0.238. The van der Waals surface area contributed by atoms with Gasteiger partial charge in [0.1, 0.15) is 0 Å². The molecule has 0 aliphatic heterocycles. The molecule has 1 N–H and O–H groups in total. The van der Waals surface area contributed by atoms with Crippen LogP contribution in [0.15, 0.2) is 58.9 Å². The number of hydrogen-bond donors (Lipinski definition) is 1. The molecule has 3 rings (SSSR count). The van der Waals surface area contributed by atoms with Crippen LogP contribution in [0.25, 0.3) is 5.69 Å². The maximum absolute atomic E-state index is 12.8. The summed E-state index contributed by atoms with van der Waals surface area (Å²) in [5.74, 6) is 0.0106. The first kappa shape index (κ1) is 21.4. The van der Waals surface area contributed by atoms with Gasteiger partial charge in [-0.2, -0.15) is 0 Å². The van der Waals surface area contributed by atoms with E-state index in [2.05, 4.69) is 10.4 Å². The average Bonchev–Trinajstić information content (AvgIpc) is 3.08. The third-order valence-electron chi connectivity index (χ3n) is 4.20. The van der Waals surface area contributed by atoms with Crippen LogP contribution in [-0.4, -0.2) is 33.3 Å². The number of hydrogen-bond acceptors (Lipinski definition) is 6. The fourth-order valence-electron chi connectivity index (χ4n) is 2.70. The van der Waals surface area contributed by atoms with Gasteiger partial charge in [0.2, 0.25) is 5.91 Å². The minimum Gasteiger partial charge on any atom is -0.356 e. The molecule has 0 saturated heterocycles. The normalized spacial score (nSPS) is 11.8. The maximum atomic E-state index is 12.8. The molecule has 150 valence electrons. The van der Waals surface area contributed by atoms with Crippen LogP contribution in [0.4, 0.5) is 0 Å². The Morgan fingerprint density at radius 1 is 1.17 bits per heavy atom. The molecule has 0 bridgehead atoms. The van der Waals surface area contributed by atoms with Crippen molar-refractivity contribution in [3.63, 3.8) is 0 Å². The number of aromatic nitrogens is 2. The topological polar surface area (TPSA) is 64.0 Å². The van der Waals surface area contributed by atoms with Crippen molar-refractivity contribution in [3.05, 3.63) is 69.7 Å². The highest BCUT2D eigenvalue weighted by atomic mass is 32.2. The molecule has 1 atom stereocenters. The monoisotopic (exact) mass is 443 g/mol. The van der Waals surface area contributed by atoms with Gasteiger partial charge in [-0.15, -0.1) is 5.10 Å². The van der Waals surface area contributed by atoms with E-state index in [4.69, 9.17) is 12.2 Å². The number of carbonyl (C=O) groups excluding carboxylic acids is 2. The molecule has 5 nitrogen and oxygen atoms in total. The highest BCUT2D eigenvalue weighted by Gasteiger charge is 2.19. The molecule has 0 fully saturated rings. The molecule has 1 unspecified atom stereocenters. The molecular weight excluding hydrogens is 422 g/mol. The summed E-state index contributed by atoms with van der Waals surface area (Å²) in [6.07, 6.45) is 0.735. The van der Waals surface area contributed by atoms with E-state index >= 15 is 0 Å². The van der Waals surface area contributed by atoms with Gasteiger partial charge in [-0.05, 0) is 43.3 Å². The Balaban J connectivity index is 1.63. The van der Waals surface area contributed by atoms with Crippen LogP contribution in [0.2, 0.25) is 0 Å². The molecule has 0 spiro atoms. The Morgan fingerprint density at radius 3 is 2.52 bits per heavy atom. The first-order valence-electron chi connectivity index (χ1n) is 9.14. The zero-order valence-corrected chi connectivity index (χ0v) is 18.6. The van der Waals surface area contributed by atoms with Crippen LogP contribution < -0.4 is 5.32 Å². The molecule has 8 heteroatoms. The van der Waals surface area contributed by atoms with Gasteiger partial charge in [0, 0.05) is 19.0 Å². The fourth-order valence-corrected chi connectivity index (χ4v) is 5.28. The van der Waals surface area contributed by atoms with Crippen LogP contribution in [0, 0.1) is 3.95 Å². The van der Waals surface area contributed by atoms with Gasteiger partial charge in [-0.3, -0.25) is 9.59 Å². The van der Waals surface area contributed by atoms with E-state index < -0.39 is 0 Å². The second kappa shape index (κ2) is 9.96. The summed E-state index contributed by atoms with van der Waals surface area (Å²) in [5, 5.41) is 7.06. The number of ketones is 1. The van der Waals surface area contributed by atoms with Crippen molar-refractivity contribution in [2.45, 2.75) is 29.9 Å². The Kier molecular flexibility index (Phi) is 7.35. The second-order valence-corrected chi connectivity index (χ2v) is 9.65. The summed E-state index contributed by atoms with van der Waals surface area (Å²) >= 11 is 8.25. The molecule has 29 heavy (non-hydrogen) atoms. The first-order chi connectivity index (χ1) is 13.9. The lowest BCUT2D eigenvalue weighted by molar-refractivity contribution is -0.118. The quantitative estimate of drug-likeness (QED) is 0.310. The van der Waals surface area contributed by atoms with Crippen molar-refractivity contribution in [1.29, 1.82) is 0 Å². The minimum atomic E-state index is -0.273. The average molecular weight is 444 g/mol. The summed E-state index contributed by atoms with van der Waals surface area (Å²) in [7, 11) is 0. The SMILES string of the molecule is CC(=O)NCCc1ccc(C(=O)C(C)Sc2nn(-c3ccccc3)c(=S)s2)cc1. The van der Waals surface area contributed by atoms with Gasteiger partial charge in [-0.25, -0.2) is 4.68 Å². The van der Waals surface area contributed by atoms with Crippen LogP contribution in [0.3, 0.4) is 0 Å². The number of para-hydroxylation sites is 1. The van der Waals surface area contributed by atoms with Crippen LogP contribution in [-0.2, 0) is 11.2 Å². The third-order valence-corrected chi connectivity index (χ3v) is 6.62. The number of nitrogens with zero attached hydrogens (tertiary/aromatic N) is 2. The smallest absolute Gasteiger partial charge is 0.216 e.